The molecule has 212 valence electrons. The minimum Gasteiger partial charge on any atom is -0.464 e. The van der Waals surface area contributed by atoms with Crippen LogP contribution in [-0.4, -0.2) is 53.2 Å². The maximum Gasteiger partial charge on any atom is 0.323 e. The molecule has 0 radical (unpaired) electrons. The maximum absolute atomic E-state index is 15.5. The Morgan fingerprint density at radius 2 is 1.62 bits per heavy atom. The highest BCUT2D eigenvalue weighted by Gasteiger charge is 2.21. The van der Waals surface area contributed by atoms with Crippen molar-refractivity contribution >= 4 is 45.9 Å². The van der Waals surface area contributed by atoms with E-state index in [0.717, 1.165) is 5.56 Å². The van der Waals surface area contributed by atoms with Crippen molar-refractivity contribution in [2.75, 3.05) is 47.2 Å². The van der Waals surface area contributed by atoms with Crippen LogP contribution >= 0.6 is 0 Å². The fourth-order valence-electron chi connectivity index (χ4n) is 4.60. The van der Waals surface area contributed by atoms with Gasteiger partial charge in [-0.3, -0.25) is 4.79 Å². The zero-order valence-electron chi connectivity index (χ0n) is 22.6. The van der Waals surface area contributed by atoms with Crippen molar-refractivity contribution in [1.82, 2.24) is 15.0 Å². The number of rotatable bonds is 6. The van der Waals surface area contributed by atoms with Gasteiger partial charge in [-0.2, -0.15) is 0 Å². The third-order valence-corrected chi connectivity index (χ3v) is 6.56. The molecule has 42 heavy (non-hydrogen) atoms. The van der Waals surface area contributed by atoms with Crippen LogP contribution in [0, 0.1) is 5.82 Å². The Kier molecular flexibility index (Phi) is 7.43. The lowest BCUT2D eigenvalue weighted by atomic mass is 10.1. The summed E-state index contributed by atoms with van der Waals surface area (Å²) >= 11 is 0. The highest BCUT2D eigenvalue weighted by atomic mass is 19.1. The Balaban J connectivity index is 1.27. The Morgan fingerprint density at radius 1 is 0.905 bits per heavy atom. The molecule has 12 heteroatoms. The maximum atomic E-state index is 15.5. The zero-order valence-corrected chi connectivity index (χ0v) is 22.6. The van der Waals surface area contributed by atoms with Gasteiger partial charge in [0.15, 0.2) is 11.6 Å². The summed E-state index contributed by atoms with van der Waals surface area (Å²) in [5.41, 5.74) is 3.40. The van der Waals surface area contributed by atoms with E-state index in [0.29, 0.717) is 60.3 Å². The third kappa shape index (κ3) is 5.88. The first-order chi connectivity index (χ1) is 20.4. The number of nitrogens with one attached hydrogen (secondary N) is 3. The molecular formula is C30H26FN7O4. The molecule has 2 aromatic carbocycles. The van der Waals surface area contributed by atoms with Gasteiger partial charge in [-0.15, -0.1) is 0 Å². The standard InChI is InChI=1S/C30H26FN7O4/c1-18(39)33-20-4-6-21(7-5-20)34-30(40)35-22-8-9-23(24(31)16-22)28-36-25-15-19(26-3-2-12-42-26)17-32-27(25)29(37-28)38-10-13-41-14-11-38/h2-9,12,15-17H,10-11,13-14H2,1H3,(H,33,39)(H2,34,35,40). The molecule has 0 spiro atoms. The molecule has 3 aromatic heterocycles. The number of pyridine rings is 1. The van der Waals surface area contributed by atoms with Crippen LogP contribution in [0.25, 0.3) is 33.7 Å². The lowest BCUT2D eigenvalue weighted by Crippen LogP contribution is -2.37. The van der Waals surface area contributed by atoms with Gasteiger partial charge >= 0.3 is 6.03 Å². The van der Waals surface area contributed by atoms with E-state index in [-0.39, 0.29) is 23.0 Å². The summed E-state index contributed by atoms with van der Waals surface area (Å²) in [5, 5.41) is 7.96. The van der Waals surface area contributed by atoms with Gasteiger partial charge in [0.1, 0.15) is 17.1 Å². The van der Waals surface area contributed by atoms with Crippen molar-refractivity contribution in [3.63, 3.8) is 0 Å². The van der Waals surface area contributed by atoms with Crippen LogP contribution in [0.2, 0.25) is 0 Å². The summed E-state index contributed by atoms with van der Waals surface area (Å²) in [7, 11) is 0. The van der Waals surface area contributed by atoms with Crippen molar-refractivity contribution < 1.29 is 23.1 Å². The van der Waals surface area contributed by atoms with E-state index in [1.54, 1.807) is 48.9 Å². The van der Waals surface area contributed by atoms with Gasteiger partial charge in [0.2, 0.25) is 5.91 Å². The smallest absolute Gasteiger partial charge is 0.323 e. The number of urea groups is 1. The van der Waals surface area contributed by atoms with Gasteiger partial charge in [-0.1, -0.05) is 0 Å². The molecule has 4 heterocycles. The van der Waals surface area contributed by atoms with Gasteiger partial charge in [0, 0.05) is 48.8 Å². The lowest BCUT2D eigenvalue weighted by Gasteiger charge is -2.28. The van der Waals surface area contributed by atoms with Gasteiger partial charge in [-0.05, 0) is 60.7 Å². The average Bonchev–Trinajstić information content (AvgIpc) is 3.53. The number of nitrogens with zero attached hydrogens (tertiary/aromatic N) is 4. The topological polar surface area (TPSA) is 135 Å². The molecule has 3 N–H and O–H groups in total. The van der Waals surface area contributed by atoms with Crippen LogP contribution < -0.4 is 20.9 Å². The minimum atomic E-state index is -0.602. The molecule has 1 fully saturated rings. The third-order valence-electron chi connectivity index (χ3n) is 6.56. The fourth-order valence-corrected chi connectivity index (χ4v) is 4.60. The van der Waals surface area contributed by atoms with Crippen LogP contribution in [0.3, 0.4) is 0 Å². The van der Waals surface area contributed by atoms with Crippen molar-refractivity contribution in [2.24, 2.45) is 0 Å². The SMILES string of the molecule is CC(=O)Nc1ccc(NC(=O)Nc2ccc(-c3nc(N4CCOCC4)c4ncc(-c5ccco5)cc4n3)c(F)c2)cc1. The molecule has 0 unspecified atom stereocenters. The predicted octanol–water partition coefficient (Wildman–Crippen LogP) is 5.53. The number of carbonyl (C=O) groups is 2. The van der Waals surface area contributed by atoms with E-state index in [2.05, 4.69) is 30.8 Å². The quantitative estimate of drug-likeness (QED) is 0.244. The van der Waals surface area contributed by atoms with Gasteiger partial charge in [-0.25, -0.2) is 24.1 Å². The molecule has 0 bridgehead atoms. The van der Waals surface area contributed by atoms with Gasteiger partial charge < -0.3 is 30.0 Å². The Bertz CT molecular complexity index is 1750. The summed E-state index contributed by atoms with van der Waals surface area (Å²) < 4.78 is 26.5. The number of furan rings is 1. The lowest BCUT2D eigenvalue weighted by molar-refractivity contribution is -0.114. The van der Waals surface area contributed by atoms with E-state index < -0.39 is 11.8 Å². The highest BCUT2D eigenvalue weighted by Crippen LogP contribution is 2.31. The first-order valence-corrected chi connectivity index (χ1v) is 13.2. The molecule has 0 saturated carbocycles. The van der Waals surface area contributed by atoms with Crippen molar-refractivity contribution in [2.45, 2.75) is 6.92 Å². The molecule has 1 aliphatic heterocycles. The number of hydrogen-bond donors (Lipinski definition) is 3. The summed E-state index contributed by atoms with van der Waals surface area (Å²) in [6, 6.07) is 15.8. The number of ether oxygens (including phenoxy) is 1. The number of amides is 3. The zero-order chi connectivity index (χ0) is 29.1. The van der Waals surface area contributed by atoms with Gasteiger partial charge in [0.05, 0.1) is 30.6 Å². The highest BCUT2D eigenvalue weighted by molar-refractivity contribution is 6.00. The Morgan fingerprint density at radius 3 is 2.31 bits per heavy atom. The number of fused-ring (bicyclic) bond motifs is 1. The monoisotopic (exact) mass is 567 g/mol. The van der Waals surface area contributed by atoms with Crippen LogP contribution in [0.5, 0.6) is 0 Å². The predicted molar refractivity (Wildman–Crippen MR) is 157 cm³/mol. The summed E-state index contributed by atoms with van der Waals surface area (Å²) in [6.45, 7) is 3.73. The number of benzene rings is 2. The van der Waals surface area contributed by atoms with E-state index in [1.807, 2.05) is 12.1 Å². The van der Waals surface area contributed by atoms with Crippen molar-refractivity contribution in [3.8, 4) is 22.7 Å². The van der Waals surface area contributed by atoms with E-state index in [9.17, 15) is 9.59 Å². The number of carbonyl (C=O) groups excluding carboxylic acids is 2. The summed E-state index contributed by atoms with van der Waals surface area (Å²) in [4.78, 5) is 39.8. The van der Waals surface area contributed by atoms with Crippen LogP contribution in [-0.2, 0) is 9.53 Å². The molecule has 1 saturated heterocycles. The molecule has 5 aromatic rings. The second-order valence-electron chi connectivity index (χ2n) is 9.57. The summed E-state index contributed by atoms with van der Waals surface area (Å²) in [5.74, 6) is 0.626. The fraction of sp³-hybridized carbons (Fsp3) is 0.167. The molecule has 0 aliphatic carbocycles. The second kappa shape index (κ2) is 11.6. The molecule has 3 amide bonds. The normalized spacial score (nSPS) is 13.1. The second-order valence-corrected chi connectivity index (χ2v) is 9.57. The Hall–Kier alpha value is -5.36. The first-order valence-electron chi connectivity index (χ1n) is 13.2. The molecule has 0 atom stereocenters. The van der Waals surface area contributed by atoms with Crippen molar-refractivity contribution in [1.29, 1.82) is 0 Å². The number of anilines is 4. The number of morpholine rings is 1. The van der Waals surface area contributed by atoms with E-state index in [1.165, 1.54) is 19.1 Å². The van der Waals surface area contributed by atoms with E-state index >= 15 is 4.39 Å². The van der Waals surface area contributed by atoms with Crippen LogP contribution in [0.1, 0.15) is 6.92 Å². The van der Waals surface area contributed by atoms with Crippen LogP contribution in [0.15, 0.2) is 77.5 Å². The average molecular weight is 568 g/mol. The summed E-state index contributed by atoms with van der Waals surface area (Å²) in [6.07, 6.45) is 3.29. The number of halogens is 1. The minimum absolute atomic E-state index is 0.175. The number of aromatic nitrogens is 3. The largest absolute Gasteiger partial charge is 0.464 e. The van der Waals surface area contributed by atoms with Crippen LogP contribution in [0.4, 0.5) is 32.1 Å². The molecular weight excluding hydrogens is 541 g/mol. The Labute approximate surface area is 239 Å². The van der Waals surface area contributed by atoms with E-state index in [4.69, 9.17) is 14.1 Å². The van der Waals surface area contributed by atoms with Gasteiger partial charge in [0.25, 0.3) is 0 Å². The molecule has 6 rings (SSSR count). The first kappa shape index (κ1) is 26.8. The van der Waals surface area contributed by atoms with Crippen molar-refractivity contribution in [3.05, 3.63) is 78.9 Å². The molecule has 1 aliphatic rings. The molecule has 11 nitrogen and oxygen atoms in total. The number of hydrogen-bond acceptors (Lipinski definition) is 8.